The van der Waals surface area contributed by atoms with Crippen molar-refractivity contribution >= 4 is 5.78 Å². The van der Waals surface area contributed by atoms with E-state index in [0.29, 0.717) is 5.78 Å². The van der Waals surface area contributed by atoms with E-state index in [2.05, 4.69) is 15.7 Å². The topological polar surface area (TPSA) is 34.5 Å². The van der Waals surface area contributed by atoms with Gasteiger partial charge in [0.15, 0.2) is 5.78 Å². The standard InChI is InChI=1S/C15H22N2O2/c18-15-4-1-3-14-13(15)5-8-17(14)7-2-6-16-9-11-19-12-10-16/h5,8H,1-4,6-7,9-12H2. The molecule has 0 unspecified atom stereocenters. The van der Waals surface area contributed by atoms with Gasteiger partial charge in [0.2, 0.25) is 0 Å². The van der Waals surface area contributed by atoms with Crippen molar-refractivity contribution in [1.29, 1.82) is 0 Å². The Kier molecular flexibility index (Phi) is 3.99. The number of aryl methyl sites for hydroxylation is 1. The molecule has 0 atom stereocenters. The molecule has 4 heteroatoms. The summed E-state index contributed by atoms with van der Waals surface area (Å²) in [5.41, 5.74) is 2.23. The number of ether oxygens (including phenoxy) is 1. The van der Waals surface area contributed by atoms with Crippen LogP contribution < -0.4 is 0 Å². The maximum Gasteiger partial charge on any atom is 0.164 e. The minimum absolute atomic E-state index is 0.327. The van der Waals surface area contributed by atoms with Gasteiger partial charge in [-0.2, -0.15) is 0 Å². The van der Waals surface area contributed by atoms with Crippen LogP contribution in [0.5, 0.6) is 0 Å². The van der Waals surface area contributed by atoms with Crippen molar-refractivity contribution in [3.05, 3.63) is 23.5 Å². The summed E-state index contributed by atoms with van der Waals surface area (Å²) >= 11 is 0. The molecule has 0 saturated carbocycles. The second-order valence-corrected chi connectivity index (χ2v) is 5.45. The van der Waals surface area contributed by atoms with Gasteiger partial charge in [-0.25, -0.2) is 0 Å². The van der Waals surface area contributed by atoms with Crippen molar-refractivity contribution in [3.8, 4) is 0 Å². The van der Waals surface area contributed by atoms with Crippen LogP contribution in [-0.2, 0) is 17.7 Å². The fraction of sp³-hybridized carbons (Fsp3) is 0.667. The Morgan fingerprint density at radius 3 is 2.84 bits per heavy atom. The number of morpholine rings is 1. The number of nitrogens with zero attached hydrogens (tertiary/aromatic N) is 2. The fourth-order valence-corrected chi connectivity index (χ4v) is 3.09. The summed E-state index contributed by atoms with van der Waals surface area (Å²) in [5, 5.41) is 0. The summed E-state index contributed by atoms with van der Waals surface area (Å²) in [7, 11) is 0. The van der Waals surface area contributed by atoms with Crippen LogP contribution in [0.3, 0.4) is 0 Å². The van der Waals surface area contributed by atoms with Gasteiger partial charge in [0.05, 0.1) is 13.2 Å². The highest BCUT2D eigenvalue weighted by molar-refractivity contribution is 5.98. The fourth-order valence-electron chi connectivity index (χ4n) is 3.09. The van der Waals surface area contributed by atoms with Gasteiger partial charge in [0.25, 0.3) is 0 Å². The molecule has 4 nitrogen and oxygen atoms in total. The van der Waals surface area contributed by atoms with Crippen LogP contribution in [0.15, 0.2) is 12.3 Å². The van der Waals surface area contributed by atoms with Crippen molar-refractivity contribution in [1.82, 2.24) is 9.47 Å². The van der Waals surface area contributed by atoms with Gasteiger partial charge in [-0.15, -0.1) is 0 Å². The first-order chi connectivity index (χ1) is 9.34. The van der Waals surface area contributed by atoms with E-state index >= 15 is 0 Å². The molecule has 1 aliphatic carbocycles. The van der Waals surface area contributed by atoms with Crippen molar-refractivity contribution in [2.45, 2.75) is 32.2 Å². The Balaban J connectivity index is 1.54. The molecule has 1 saturated heterocycles. The van der Waals surface area contributed by atoms with Crippen LogP contribution in [0.1, 0.15) is 35.3 Å². The molecule has 2 heterocycles. The summed E-state index contributed by atoms with van der Waals surface area (Å²) in [4.78, 5) is 14.2. The molecule has 104 valence electrons. The first-order valence-corrected chi connectivity index (χ1v) is 7.36. The van der Waals surface area contributed by atoms with Crippen LogP contribution >= 0.6 is 0 Å². The summed E-state index contributed by atoms with van der Waals surface area (Å²) in [5.74, 6) is 0.327. The second-order valence-electron chi connectivity index (χ2n) is 5.45. The van der Waals surface area contributed by atoms with Crippen molar-refractivity contribution < 1.29 is 9.53 Å². The van der Waals surface area contributed by atoms with E-state index in [-0.39, 0.29) is 0 Å². The lowest BCUT2D eigenvalue weighted by molar-refractivity contribution is 0.0369. The first kappa shape index (κ1) is 12.9. The Morgan fingerprint density at radius 2 is 2.00 bits per heavy atom. The third-order valence-corrected chi connectivity index (χ3v) is 4.17. The molecule has 0 N–H and O–H groups in total. The minimum Gasteiger partial charge on any atom is -0.379 e. The first-order valence-electron chi connectivity index (χ1n) is 7.36. The SMILES string of the molecule is O=C1CCCc2c1ccn2CCCN1CCOCC1. The third kappa shape index (κ3) is 2.90. The second kappa shape index (κ2) is 5.88. The third-order valence-electron chi connectivity index (χ3n) is 4.17. The Morgan fingerprint density at radius 1 is 1.16 bits per heavy atom. The largest absolute Gasteiger partial charge is 0.379 e. The predicted octanol–water partition coefficient (Wildman–Crippen LogP) is 1.73. The van der Waals surface area contributed by atoms with E-state index < -0.39 is 0 Å². The van der Waals surface area contributed by atoms with Crippen LogP contribution in [0.2, 0.25) is 0 Å². The lowest BCUT2D eigenvalue weighted by Crippen LogP contribution is -2.37. The lowest BCUT2D eigenvalue weighted by Gasteiger charge is -2.26. The summed E-state index contributed by atoms with van der Waals surface area (Å²) in [6, 6.07) is 2.01. The quantitative estimate of drug-likeness (QED) is 0.829. The zero-order valence-corrected chi connectivity index (χ0v) is 11.4. The number of rotatable bonds is 4. The van der Waals surface area contributed by atoms with E-state index in [1.807, 2.05) is 6.07 Å². The normalized spacial score (nSPS) is 20.5. The molecule has 0 aromatic carbocycles. The van der Waals surface area contributed by atoms with Crippen LogP contribution in [0, 0.1) is 0 Å². The van der Waals surface area contributed by atoms with Crippen LogP contribution in [-0.4, -0.2) is 48.1 Å². The smallest absolute Gasteiger partial charge is 0.164 e. The van der Waals surface area contributed by atoms with Gasteiger partial charge in [-0.05, 0) is 25.3 Å². The van der Waals surface area contributed by atoms with Gasteiger partial charge in [0, 0.05) is 50.1 Å². The molecule has 1 aromatic heterocycles. The number of Topliss-reactive ketones (excluding diaryl/α,β-unsaturated/α-hetero) is 1. The molecule has 2 aliphatic rings. The number of hydrogen-bond donors (Lipinski definition) is 0. The predicted molar refractivity (Wildman–Crippen MR) is 73.6 cm³/mol. The number of ketones is 1. The van der Waals surface area contributed by atoms with E-state index in [1.54, 1.807) is 0 Å². The summed E-state index contributed by atoms with van der Waals surface area (Å²) < 4.78 is 7.64. The Labute approximate surface area is 114 Å². The molecule has 19 heavy (non-hydrogen) atoms. The van der Waals surface area contributed by atoms with Crippen LogP contribution in [0.25, 0.3) is 0 Å². The zero-order chi connectivity index (χ0) is 13.1. The number of hydrogen-bond acceptors (Lipinski definition) is 3. The maximum atomic E-state index is 11.8. The van der Waals surface area contributed by atoms with Gasteiger partial charge in [-0.1, -0.05) is 0 Å². The monoisotopic (exact) mass is 262 g/mol. The average molecular weight is 262 g/mol. The highest BCUT2D eigenvalue weighted by Gasteiger charge is 2.20. The molecule has 1 fully saturated rings. The highest BCUT2D eigenvalue weighted by atomic mass is 16.5. The van der Waals surface area contributed by atoms with Crippen molar-refractivity contribution in [2.24, 2.45) is 0 Å². The van der Waals surface area contributed by atoms with E-state index in [1.165, 1.54) is 5.69 Å². The molecule has 0 amide bonds. The van der Waals surface area contributed by atoms with Crippen molar-refractivity contribution in [2.75, 3.05) is 32.8 Å². The van der Waals surface area contributed by atoms with E-state index in [0.717, 1.165) is 70.6 Å². The molecule has 3 rings (SSSR count). The van der Waals surface area contributed by atoms with Gasteiger partial charge in [0.1, 0.15) is 0 Å². The van der Waals surface area contributed by atoms with Gasteiger partial charge >= 0.3 is 0 Å². The molecule has 0 radical (unpaired) electrons. The highest BCUT2D eigenvalue weighted by Crippen LogP contribution is 2.22. The lowest BCUT2D eigenvalue weighted by atomic mass is 9.97. The number of aromatic nitrogens is 1. The molecule has 1 aliphatic heterocycles. The molecular weight excluding hydrogens is 240 g/mol. The summed E-state index contributed by atoms with van der Waals surface area (Å²) in [6.45, 7) is 6.01. The Bertz CT molecular complexity index is 447. The number of carbonyl (C=O) groups is 1. The summed E-state index contributed by atoms with van der Waals surface area (Å²) in [6.07, 6.45) is 6.04. The number of fused-ring (bicyclic) bond motifs is 1. The van der Waals surface area contributed by atoms with E-state index in [9.17, 15) is 4.79 Å². The molecule has 0 bridgehead atoms. The van der Waals surface area contributed by atoms with Gasteiger partial charge < -0.3 is 9.30 Å². The van der Waals surface area contributed by atoms with Crippen molar-refractivity contribution in [3.63, 3.8) is 0 Å². The molecular formula is C15H22N2O2. The zero-order valence-electron chi connectivity index (χ0n) is 11.4. The molecule has 1 aromatic rings. The number of carbonyl (C=O) groups excluding carboxylic acids is 1. The van der Waals surface area contributed by atoms with Crippen LogP contribution in [0.4, 0.5) is 0 Å². The molecule has 0 spiro atoms. The van der Waals surface area contributed by atoms with E-state index in [4.69, 9.17) is 4.74 Å². The maximum absolute atomic E-state index is 11.8. The Hall–Kier alpha value is -1.13. The van der Waals surface area contributed by atoms with Gasteiger partial charge in [-0.3, -0.25) is 9.69 Å². The average Bonchev–Trinajstić information content (AvgIpc) is 2.85. The minimum atomic E-state index is 0.327.